The van der Waals surface area contributed by atoms with Crippen molar-refractivity contribution in [2.24, 2.45) is 0 Å². The lowest BCUT2D eigenvalue weighted by atomic mass is 10.1. The first-order valence-electron chi connectivity index (χ1n) is 6.99. The van der Waals surface area contributed by atoms with Gasteiger partial charge in [0, 0.05) is 11.5 Å². The SMILES string of the molecule is CCOC(=O)c1cc2ccc(OC(F)(F)F)cc2nc1-c1nn[nH]n1. The first-order chi connectivity index (χ1) is 11.9. The van der Waals surface area contributed by atoms with E-state index in [1.807, 2.05) is 0 Å². The van der Waals surface area contributed by atoms with E-state index in [-0.39, 0.29) is 29.2 Å². The first-order valence-corrected chi connectivity index (χ1v) is 6.99. The molecule has 0 saturated carbocycles. The van der Waals surface area contributed by atoms with Crippen LogP contribution in [0.4, 0.5) is 13.2 Å². The molecule has 25 heavy (non-hydrogen) atoms. The Morgan fingerprint density at radius 2 is 2.08 bits per heavy atom. The van der Waals surface area contributed by atoms with Gasteiger partial charge in [0.05, 0.1) is 17.7 Å². The highest BCUT2D eigenvalue weighted by Gasteiger charge is 2.31. The van der Waals surface area contributed by atoms with Crippen molar-refractivity contribution >= 4 is 16.9 Å². The molecule has 0 spiro atoms. The smallest absolute Gasteiger partial charge is 0.462 e. The van der Waals surface area contributed by atoms with Gasteiger partial charge >= 0.3 is 12.3 Å². The number of ether oxygens (including phenoxy) is 2. The highest BCUT2D eigenvalue weighted by molar-refractivity contribution is 5.99. The number of nitrogens with one attached hydrogen (secondary N) is 1. The number of hydrogen-bond acceptors (Lipinski definition) is 7. The van der Waals surface area contributed by atoms with Crippen LogP contribution < -0.4 is 4.74 Å². The molecule has 1 N–H and O–H groups in total. The number of fused-ring (bicyclic) bond motifs is 1. The van der Waals surface area contributed by atoms with Gasteiger partial charge in [0.1, 0.15) is 11.4 Å². The number of benzene rings is 1. The number of carbonyl (C=O) groups is 1. The van der Waals surface area contributed by atoms with Gasteiger partial charge in [-0.2, -0.15) is 5.21 Å². The topological polar surface area (TPSA) is 103 Å². The van der Waals surface area contributed by atoms with Gasteiger partial charge < -0.3 is 9.47 Å². The van der Waals surface area contributed by atoms with Crippen molar-refractivity contribution in [2.45, 2.75) is 13.3 Å². The minimum absolute atomic E-state index is 0.00657. The molecule has 2 heterocycles. The second-order valence-corrected chi connectivity index (χ2v) is 4.74. The number of nitrogens with zero attached hydrogens (tertiary/aromatic N) is 4. The Balaban J connectivity index is 2.14. The van der Waals surface area contributed by atoms with Gasteiger partial charge in [0.25, 0.3) is 0 Å². The molecule has 3 aromatic rings. The van der Waals surface area contributed by atoms with Crippen LogP contribution in [0.15, 0.2) is 24.3 Å². The van der Waals surface area contributed by atoms with Gasteiger partial charge in [-0.1, -0.05) is 0 Å². The second kappa shape index (κ2) is 6.34. The molecule has 2 aromatic heterocycles. The fourth-order valence-electron chi connectivity index (χ4n) is 2.14. The third-order valence-corrected chi connectivity index (χ3v) is 3.08. The minimum Gasteiger partial charge on any atom is -0.462 e. The fourth-order valence-corrected chi connectivity index (χ4v) is 2.14. The number of esters is 1. The Bertz CT molecular complexity index is 912. The van der Waals surface area contributed by atoms with Crippen LogP contribution >= 0.6 is 0 Å². The number of aromatic nitrogens is 5. The first kappa shape index (κ1) is 16.6. The van der Waals surface area contributed by atoms with Crippen LogP contribution in [0.3, 0.4) is 0 Å². The third kappa shape index (κ3) is 3.65. The van der Waals surface area contributed by atoms with Crippen LogP contribution in [0, 0.1) is 0 Å². The van der Waals surface area contributed by atoms with E-state index >= 15 is 0 Å². The number of aromatic amines is 1. The van der Waals surface area contributed by atoms with Crippen molar-refractivity contribution in [3.05, 3.63) is 29.8 Å². The van der Waals surface area contributed by atoms with E-state index in [0.29, 0.717) is 5.39 Å². The summed E-state index contributed by atoms with van der Waals surface area (Å²) in [5.74, 6) is -1.09. The quantitative estimate of drug-likeness (QED) is 0.719. The maximum Gasteiger partial charge on any atom is 0.573 e. The molecule has 8 nitrogen and oxygen atoms in total. The molecule has 0 unspecified atom stereocenters. The molecule has 11 heteroatoms. The molecule has 0 bridgehead atoms. The largest absolute Gasteiger partial charge is 0.573 e. The number of pyridine rings is 1. The van der Waals surface area contributed by atoms with Crippen molar-refractivity contribution in [2.75, 3.05) is 6.61 Å². The summed E-state index contributed by atoms with van der Waals surface area (Å²) >= 11 is 0. The van der Waals surface area contributed by atoms with E-state index in [0.717, 1.165) is 12.1 Å². The molecule has 0 radical (unpaired) electrons. The normalized spacial score (nSPS) is 11.5. The van der Waals surface area contributed by atoms with Gasteiger partial charge in [-0.25, -0.2) is 9.78 Å². The summed E-state index contributed by atoms with van der Waals surface area (Å²) in [4.78, 5) is 16.3. The lowest BCUT2D eigenvalue weighted by molar-refractivity contribution is -0.274. The lowest BCUT2D eigenvalue weighted by Gasteiger charge is -2.11. The molecule has 0 aliphatic rings. The molecule has 0 aliphatic heterocycles. The maximum atomic E-state index is 12.4. The molecule has 0 fully saturated rings. The van der Waals surface area contributed by atoms with Crippen molar-refractivity contribution < 1.29 is 27.4 Å². The van der Waals surface area contributed by atoms with Crippen LogP contribution in [0.25, 0.3) is 22.4 Å². The van der Waals surface area contributed by atoms with Gasteiger partial charge in [-0.15, -0.1) is 23.4 Å². The summed E-state index contributed by atoms with van der Waals surface area (Å²) in [6, 6.07) is 5.01. The van der Waals surface area contributed by atoms with Crippen molar-refractivity contribution in [3.8, 4) is 17.3 Å². The molecular weight excluding hydrogens is 343 g/mol. The molecule has 0 atom stereocenters. The maximum absolute atomic E-state index is 12.4. The van der Waals surface area contributed by atoms with E-state index in [4.69, 9.17) is 4.74 Å². The monoisotopic (exact) mass is 353 g/mol. The van der Waals surface area contributed by atoms with Crippen LogP contribution in [0.5, 0.6) is 5.75 Å². The van der Waals surface area contributed by atoms with E-state index in [1.165, 1.54) is 12.1 Å². The highest BCUT2D eigenvalue weighted by atomic mass is 19.4. The van der Waals surface area contributed by atoms with Crippen molar-refractivity contribution in [1.29, 1.82) is 0 Å². The number of alkyl halides is 3. The summed E-state index contributed by atoms with van der Waals surface area (Å²) in [6.45, 7) is 1.78. The number of halogens is 3. The average Bonchev–Trinajstić information content (AvgIpc) is 3.06. The molecule has 0 aliphatic carbocycles. The van der Waals surface area contributed by atoms with E-state index in [1.54, 1.807) is 6.92 Å². The van der Waals surface area contributed by atoms with Gasteiger partial charge in [0.15, 0.2) is 0 Å². The third-order valence-electron chi connectivity index (χ3n) is 3.08. The van der Waals surface area contributed by atoms with Gasteiger partial charge in [0.2, 0.25) is 5.82 Å². The lowest BCUT2D eigenvalue weighted by Crippen LogP contribution is -2.17. The predicted molar refractivity (Wildman–Crippen MR) is 77.6 cm³/mol. The summed E-state index contributed by atoms with van der Waals surface area (Å²) in [7, 11) is 0. The number of H-pyrrole nitrogens is 1. The van der Waals surface area contributed by atoms with Gasteiger partial charge in [-0.05, 0) is 30.3 Å². The zero-order valence-corrected chi connectivity index (χ0v) is 12.7. The van der Waals surface area contributed by atoms with Crippen LogP contribution in [0.2, 0.25) is 0 Å². The number of rotatable bonds is 4. The molecule has 1 aromatic carbocycles. The van der Waals surface area contributed by atoms with Crippen LogP contribution in [0.1, 0.15) is 17.3 Å². The standard InChI is InChI=1S/C14H10F3N5O3/c1-2-24-13(23)9-5-7-3-4-8(25-14(15,16)17)6-10(7)18-11(9)12-19-21-22-20-12/h3-6H,2H2,1H3,(H,19,20,21,22). The molecule has 130 valence electrons. The Morgan fingerprint density at radius 3 is 2.72 bits per heavy atom. The molecular formula is C14H10F3N5O3. The van der Waals surface area contributed by atoms with Crippen molar-refractivity contribution in [3.63, 3.8) is 0 Å². The zero-order valence-electron chi connectivity index (χ0n) is 12.7. The zero-order chi connectivity index (χ0) is 18.0. The minimum atomic E-state index is -4.82. The number of tetrazole rings is 1. The average molecular weight is 353 g/mol. The molecule has 3 rings (SSSR count). The van der Waals surface area contributed by atoms with E-state index < -0.39 is 18.1 Å². The summed E-state index contributed by atoms with van der Waals surface area (Å²) in [5, 5.41) is 13.5. The van der Waals surface area contributed by atoms with E-state index in [9.17, 15) is 18.0 Å². The Morgan fingerprint density at radius 1 is 1.28 bits per heavy atom. The summed E-state index contributed by atoms with van der Waals surface area (Å²) in [5.41, 5.74) is 0.263. The molecule has 0 amide bonds. The fraction of sp³-hybridized carbons (Fsp3) is 0.214. The predicted octanol–water partition coefficient (Wildman–Crippen LogP) is 2.49. The Kier molecular flexibility index (Phi) is 4.21. The second-order valence-electron chi connectivity index (χ2n) is 4.74. The van der Waals surface area contributed by atoms with E-state index in [2.05, 4.69) is 30.3 Å². The van der Waals surface area contributed by atoms with Crippen LogP contribution in [-0.2, 0) is 4.74 Å². The summed E-state index contributed by atoms with van der Waals surface area (Å²) in [6.07, 6.45) is -4.82. The highest BCUT2D eigenvalue weighted by Crippen LogP contribution is 2.29. The molecule has 0 saturated heterocycles. The van der Waals surface area contributed by atoms with Crippen LogP contribution in [-0.4, -0.2) is 44.5 Å². The Hall–Kier alpha value is -3.24. The van der Waals surface area contributed by atoms with Gasteiger partial charge in [-0.3, -0.25) is 0 Å². The number of hydrogen-bond donors (Lipinski definition) is 1. The number of carbonyl (C=O) groups excluding carboxylic acids is 1. The van der Waals surface area contributed by atoms with Crippen molar-refractivity contribution in [1.82, 2.24) is 25.6 Å². The Labute approximate surface area is 138 Å². The summed E-state index contributed by atoms with van der Waals surface area (Å²) < 4.78 is 45.9.